The molecule has 0 bridgehead atoms. The summed E-state index contributed by atoms with van der Waals surface area (Å²) in [5.74, 6) is 1.04. The zero-order chi connectivity index (χ0) is 10.6. The number of methoxy groups -OCH3 is 1. The predicted octanol–water partition coefficient (Wildman–Crippen LogP) is 1.50. The first-order valence-corrected chi connectivity index (χ1v) is 4.87. The highest BCUT2D eigenvalue weighted by Crippen LogP contribution is 2.37. The summed E-state index contributed by atoms with van der Waals surface area (Å²) < 4.78 is 10.8. The van der Waals surface area contributed by atoms with Gasteiger partial charge in [-0.05, 0) is 22.0 Å². The molecule has 0 saturated heterocycles. The molecule has 14 heavy (non-hydrogen) atoms. The van der Waals surface area contributed by atoms with Crippen molar-refractivity contribution >= 4 is 15.9 Å². The van der Waals surface area contributed by atoms with Crippen molar-refractivity contribution in [1.29, 1.82) is 0 Å². The fourth-order valence-corrected chi connectivity index (χ4v) is 1.39. The van der Waals surface area contributed by atoms with E-state index in [1.165, 1.54) is 7.11 Å². The first-order chi connectivity index (χ1) is 6.69. The number of nitrogens with two attached hydrogens (primary N) is 1. The second-order valence-electron chi connectivity index (χ2n) is 2.59. The molecule has 3 N–H and O–H groups in total. The van der Waals surface area contributed by atoms with Gasteiger partial charge in [0.25, 0.3) is 0 Å². The Morgan fingerprint density at radius 3 is 2.79 bits per heavy atom. The monoisotopic (exact) mass is 261 g/mol. The molecule has 1 aromatic carbocycles. The summed E-state index contributed by atoms with van der Waals surface area (Å²) in [6.07, 6.45) is 0. The van der Waals surface area contributed by atoms with Crippen molar-refractivity contribution in [2.45, 2.75) is 0 Å². The van der Waals surface area contributed by atoms with E-state index in [1.807, 2.05) is 0 Å². The topological polar surface area (TPSA) is 64.7 Å². The Hall–Kier alpha value is -0.940. The second kappa shape index (κ2) is 5.07. The third-order valence-corrected chi connectivity index (χ3v) is 2.21. The van der Waals surface area contributed by atoms with E-state index in [1.54, 1.807) is 12.1 Å². The molecular formula is C9H12BrNO3. The van der Waals surface area contributed by atoms with Crippen LogP contribution in [0.25, 0.3) is 0 Å². The molecule has 5 heteroatoms. The van der Waals surface area contributed by atoms with Crippen LogP contribution in [0.15, 0.2) is 16.6 Å². The lowest BCUT2D eigenvalue weighted by molar-refractivity contribution is 0.320. The Bertz CT molecular complexity index is 317. The van der Waals surface area contributed by atoms with E-state index >= 15 is 0 Å². The molecule has 0 aliphatic carbocycles. The summed E-state index contributed by atoms with van der Waals surface area (Å²) in [6.45, 7) is 0.876. The van der Waals surface area contributed by atoms with Gasteiger partial charge in [-0.15, -0.1) is 0 Å². The number of phenols is 1. The van der Waals surface area contributed by atoms with Gasteiger partial charge in [-0.3, -0.25) is 0 Å². The quantitative estimate of drug-likeness (QED) is 0.863. The summed E-state index contributed by atoms with van der Waals surface area (Å²) in [5, 5.41) is 9.50. The van der Waals surface area contributed by atoms with Crippen LogP contribution >= 0.6 is 15.9 Å². The van der Waals surface area contributed by atoms with E-state index < -0.39 is 0 Å². The maximum absolute atomic E-state index is 9.50. The van der Waals surface area contributed by atoms with Gasteiger partial charge in [-0.25, -0.2) is 0 Å². The molecule has 0 radical (unpaired) electrons. The second-order valence-corrected chi connectivity index (χ2v) is 3.45. The molecule has 0 saturated carbocycles. The summed E-state index contributed by atoms with van der Waals surface area (Å²) in [4.78, 5) is 0. The van der Waals surface area contributed by atoms with E-state index in [4.69, 9.17) is 15.2 Å². The van der Waals surface area contributed by atoms with Gasteiger partial charge in [0.2, 0.25) is 0 Å². The van der Waals surface area contributed by atoms with Crippen LogP contribution in [0, 0.1) is 0 Å². The maximum atomic E-state index is 9.50. The normalized spacial score (nSPS) is 9.93. The Labute approximate surface area is 90.8 Å². The van der Waals surface area contributed by atoms with Crippen LogP contribution in [0.3, 0.4) is 0 Å². The van der Waals surface area contributed by atoms with Crippen LogP contribution in [0.2, 0.25) is 0 Å². The number of aromatic hydroxyl groups is 1. The minimum atomic E-state index is 0.0626. The SMILES string of the molecule is COc1cc(OCCN)cc(Br)c1O. The summed E-state index contributed by atoms with van der Waals surface area (Å²) in [5.41, 5.74) is 5.30. The number of hydrogen-bond donors (Lipinski definition) is 2. The Kier molecular flexibility index (Phi) is 4.03. The average Bonchev–Trinajstić information content (AvgIpc) is 2.19. The molecule has 0 amide bonds. The molecule has 4 nitrogen and oxygen atoms in total. The van der Waals surface area contributed by atoms with Crippen molar-refractivity contribution in [2.24, 2.45) is 5.73 Å². The van der Waals surface area contributed by atoms with Crippen LogP contribution in [0.5, 0.6) is 17.2 Å². The van der Waals surface area contributed by atoms with Crippen LogP contribution in [0.1, 0.15) is 0 Å². The highest BCUT2D eigenvalue weighted by atomic mass is 79.9. The molecule has 78 valence electrons. The number of halogens is 1. The molecule has 0 atom stereocenters. The largest absolute Gasteiger partial charge is 0.503 e. The van der Waals surface area contributed by atoms with Crippen molar-refractivity contribution in [3.63, 3.8) is 0 Å². The van der Waals surface area contributed by atoms with Crippen LogP contribution in [-0.2, 0) is 0 Å². The molecule has 0 aromatic heterocycles. The molecule has 0 spiro atoms. The number of hydrogen-bond acceptors (Lipinski definition) is 4. The van der Waals surface area contributed by atoms with E-state index in [2.05, 4.69) is 15.9 Å². The minimum absolute atomic E-state index is 0.0626. The number of benzene rings is 1. The third-order valence-electron chi connectivity index (χ3n) is 1.61. The summed E-state index contributed by atoms with van der Waals surface area (Å²) in [6, 6.07) is 3.27. The van der Waals surface area contributed by atoms with Gasteiger partial charge >= 0.3 is 0 Å². The van der Waals surface area contributed by atoms with E-state index in [-0.39, 0.29) is 5.75 Å². The Balaban J connectivity index is 2.91. The molecule has 0 aliphatic rings. The zero-order valence-corrected chi connectivity index (χ0v) is 9.37. The average molecular weight is 262 g/mol. The molecule has 0 aliphatic heterocycles. The molecule has 0 heterocycles. The van der Waals surface area contributed by atoms with Crippen LogP contribution in [0.4, 0.5) is 0 Å². The molecule has 1 aromatic rings. The van der Waals surface area contributed by atoms with Gasteiger partial charge in [0, 0.05) is 12.6 Å². The standard InChI is InChI=1S/C9H12BrNO3/c1-13-8-5-6(14-3-2-11)4-7(10)9(8)12/h4-5,12H,2-3,11H2,1H3. The first kappa shape index (κ1) is 11.1. The highest BCUT2D eigenvalue weighted by molar-refractivity contribution is 9.10. The lowest BCUT2D eigenvalue weighted by Crippen LogP contribution is -2.10. The summed E-state index contributed by atoms with van der Waals surface area (Å²) >= 11 is 3.19. The molecule has 0 fully saturated rings. The van der Waals surface area contributed by atoms with Crippen molar-refractivity contribution < 1.29 is 14.6 Å². The summed E-state index contributed by atoms with van der Waals surface area (Å²) in [7, 11) is 1.48. The molecule has 1 rings (SSSR count). The molecule has 0 unspecified atom stereocenters. The fourth-order valence-electron chi connectivity index (χ4n) is 0.966. The van der Waals surface area contributed by atoms with E-state index in [9.17, 15) is 5.11 Å². The van der Waals surface area contributed by atoms with Crippen LogP contribution < -0.4 is 15.2 Å². The predicted molar refractivity (Wildman–Crippen MR) is 56.9 cm³/mol. The highest BCUT2D eigenvalue weighted by Gasteiger charge is 2.08. The number of ether oxygens (including phenoxy) is 2. The van der Waals surface area contributed by atoms with Crippen molar-refractivity contribution in [1.82, 2.24) is 0 Å². The fraction of sp³-hybridized carbons (Fsp3) is 0.333. The third kappa shape index (κ3) is 2.52. The Morgan fingerprint density at radius 1 is 1.50 bits per heavy atom. The van der Waals surface area contributed by atoms with Gasteiger partial charge in [0.05, 0.1) is 11.6 Å². The smallest absolute Gasteiger partial charge is 0.172 e. The van der Waals surface area contributed by atoms with Gasteiger partial charge in [0.15, 0.2) is 11.5 Å². The van der Waals surface area contributed by atoms with Gasteiger partial charge < -0.3 is 20.3 Å². The lowest BCUT2D eigenvalue weighted by Gasteiger charge is -2.09. The lowest BCUT2D eigenvalue weighted by atomic mass is 10.3. The zero-order valence-electron chi connectivity index (χ0n) is 7.79. The van der Waals surface area contributed by atoms with Crippen LogP contribution in [-0.4, -0.2) is 25.4 Å². The first-order valence-electron chi connectivity index (χ1n) is 4.08. The van der Waals surface area contributed by atoms with Gasteiger partial charge in [0.1, 0.15) is 12.4 Å². The van der Waals surface area contributed by atoms with Crippen molar-refractivity contribution in [2.75, 3.05) is 20.3 Å². The number of phenolic OH excluding ortho intramolecular Hbond substituents is 1. The van der Waals surface area contributed by atoms with Crippen molar-refractivity contribution in [3.05, 3.63) is 16.6 Å². The minimum Gasteiger partial charge on any atom is -0.503 e. The van der Waals surface area contributed by atoms with Gasteiger partial charge in [-0.1, -0.05) is 0 Å². The number of rotatable bonds is 4. The Morgan fingerprint density at radius 2 is 2.21 bits per heavy atom. The maximum Gasteiger partial charge on any atom is 0.172 e. The van der Waals surface area contributed by atoms with E-state index in [0.717, 1.165) is 0 Å². The van der Waals surface area contributed by atoms with E-state index in [0.29, 0.717) is 29.1 Å². The van der Waals surface area contributed by atoms with Crippen molar-refractivity contribution in [3.8, 4) is 17.2 Å². The molecular weight excluding hydrogens is 250 g/mol. The van der Waals surface area contributed by atoms with Gasteiger partial charge in [-0.2, -0.15) is 0 Å².